The summed E-state index contributed by atoms with van der Waals surface area (Å²) in [5.74, 6) is -5.11. The van der Waals surface area contributed by atoms with E-state index in [1.807, 2.05) is 0 Å². The largest absolute Gasteiger partial charge is 0.458 e. The van der Waals surface area contributed by atoms with Crippen molar-refractivity contribution in [3.8, 4) is 11.4 Å². The zero-order valence-corrected chi connectivity index (χ0v) is 39.8. The van der Waals surface area contributed by atoms with E-state index >= 15 is 4.39 Å². The fraction of sp³-hybridized carbons (Fsp3) is 0.404. The Labute approximate surface area is 411 Å². The summed E-state index contributed by atoms with van der Waals surface area (Å²) in [6, 6.07) is 10.3. The van der Waals surface area contributed by atoms with Gasteiger partial charge >= 0.3 is 5.97 Å². The lowest BCUT2D eigenvalue weighted by molar-refractivity contribution is -0.172. The smallest absolute Gasteiger partial charge is 0.343 e. The molecule has 0 fully saturated rings. The second kappa shape index (κ2) is 21.3. The first-order chi connectivity index (χ1) is 34.5. The van der Waals surface area contributed by atoms with E-state index in [4.69, 9.17) is 9.72 Å². The van der Waals surface area contributed by atoms with Crippen LogP contribution in [0.5, 0.6) is 0 Å². The molecule has 19 nitrogen and oxygen atoms in total. The third kappa shape index (κ3) is 10.5. The molecule has 20 heteroatoms. The van der Waals surface area contributed by atoms with Crippen LogP contribution in [0.15, 0.2) is 59.4 Å². The Balaban J connectivity index is 0.835. The van der Waals surface area contributed by atoms with E-state index in [0.717, 1.165) is 28.2 Å². The van der Waals surface area contributed by atoms with E-state index in [9.17, 15) is 53.1 Å². The van der Waals surface area contributed by atoms with Crippen LogP contribution in [0, 0.1) is 12.7 Å². The van der Waals surface area contributed by atoms with Crippen molar-refractivity contribution in [2.45, 2.75) is 115 Å². The number of nitrogens with zero attached hydrogens (tertiary/aromatic N) is 3. The third-order valence-electron chi connectivity index (χ3n) is 13.8. The first kappa shape index (κ1) is 50.6. The van der Waals surface area contributed by atoms with E-state index in [1.165, 1.54) is 10.6 Å². The summed E-state index contributed by atoms with van der Waals surface area (Å²) in [5, 5.41) is 23.0. The molecular formula is C52H54FN7O12. The first-order valence-electron chi connectivity index (χ1n) is 24.0. The van der Waals surface area contributed by atoms with Crippen LogP contribution >= 0.6 is 0 Å². The molecule has 1 aliphatic carbocycles. The molecule has 0 radical (unpaired) electrons. The fourth-order valence-corrected chi connectivity index (χ4v) is 9.80. The molecule has 0 unspecified atom stereocenters. The molecule has 376 valence electrons. The van der Waals surface area contributed by atoms with Gasteiger partial charge < -0.3 is 35.7 Å². The van der Waals surface area contributed by atoms with E-state index in [2.05, 4.69) is 21.3 Å². The average molecular weight is 988 g/mol. The number of halogens is 1. The minimum absolute atomic E-state index is 0.0263. The Morgan fingerprint density at radius 3 is 2.33 bits per heavy atom. The minimum Gasteiger partial charge on any atom is -0.458 e. The number of aryl methyl sites for hydroxylation is 1. The van der Waals surface area contributed by atoms with E-state index < -0.39 is 76.1 Å². The Morgan fingerprint density at radius 1 is 0.875 bits per heavy atom. The first-order valence-corrected chi connectivity index (χ1v) is 24.0. The number of Topliss-reactive ketones (excluding diaryl/α,β-unsaturated/α-hetero) is 2. The van der Waals surface area contributed by atoms with Crippen molar-refractivity contribution in [3.05, 3.63) is 110 Å². The highest BCUT2D eigenvalue weighted by atomic mass is 19.1. The maximum absolute atomic E-state index is 15.4. The van der Waals surface area contributed by atoms with Crippen molar-refractivity contribution < 1.29 is 57.4 Å². The highest BCUT2D eigenvalue weighted by molar-refractivity contribution is 6.13. The molecular weight excluding hydrogens is 934 g/mol. The Bertz CT molecular complexity index is 3020. The van der Waals surface area contributed by atoms with Crippen LogP contribution in [0.3, 0.4) is 0 Å². The Kier molecular flexibility index (Phi) is 15.0. The molecule has 0 saturated heterocycles. The molecule has 72 heavy (non-hydrogen) atoms. The van der Waals surface area contributed by atoms with Gasteiger partial charge in [-0.1, -0.05) is 37.3 Å². The van der Waals surface area contributed by atoms with E-state index in [1.54, 1.807) is 50.2 Å². The van der Waals surface area contributed by atoms with Crippen molar-refractivity contribution >= 4 is 63.9 Å². The number of aromatic nitrogens is 2. The number of carbonyl (C=O) groups excluding carboxylic acids is 9. The Hall–Kier alpha value is -7.74. The molecule has 5 N–H and O–H groups in total. The van der Waals surface area contributed by atoms with Gasteiger partial charge in [0.05, 0.1) is 47.6 Å². The number of pyridine rings is 2. The van der Waals surface area contributed by atoms with Gasteiger partial charge in [0.2, 0.25) is 23.6 Å². The van der Waals surface area contributed by atoms with Gasteiger partial charge in [0.1, 0.15) is 12.4 Å². The Morgan fingerprint density at radius 2 is 1.60 bits per heavy atom. The quantitative estimate of drug-likeness (QED) is 0.0402. The van der Waals surface area contributed by atoms with Crippen LogP contribution in [-0.4, -0.2) is 98.2 Å². The van der Waals surface area contributed by atoms with Crippen LogP contribution in [0.2, 0.25) is 0 Å². The number of cyclic esters (lactones) is 1. The summed E-state index contributed by atoms with van der Waals surface area (Å²) in [4.78, 5) is 133. The lowest BCUT2D eigenvalue weighted by Crippen LogP contribution is -2.44. The standard InChI is InChI=1S/C52H54FN7O12/c1-3-52(71)34-23-39-49-32(26-60(39)50(69)33(34)27-72-51(52)70)48-36(13-12-31-28(2)35(53)24-38(58-49)47(31)48)56-43(65)10-7-20-54-41(63)16-14-40(62)37(22-29-8-5-4-6-9-29)57-44(66)15-11-30(61)25-55-42(64)19-21-59-45(67)17-18-46(59)68/h4-6,8-9,17-18,23-24,36-37,71H,3,7,10-16,19-22,25-27H2,1-2H3,(H,54,63)(H,55,64)(H,56,65)(H,57,66)/t36-,37-,52-/m0/s1. The van der Waals surface area contributed by atoms with Crippen LogP contribution in [-0.2, 0) is 79.5 Å². The molecule has 6 amide bonds. The zero-order chi connectivity index (χ0) is 51.4. The van der Waals surface area contributed by atoms with Gasteiger partial charge in [0.15, 0.2) is 17.2 Å². The van der Waals surface area contributed by atoms with Gasteiger partial charge in [-0.25, -0.2) is 14.2 Å². The van der Waals surface area contributed by atoms with Crippen molar-refractivity contribution in [2.24, 2.45) is 0 Å². The highest BCUT2D eigenvalue weighted by Crippen LogP contribution is 2.46. The number of benzene rings is 2. The summed E-state index contributed by atoms with van der Waals surface area (Å²) in [7, 11) is 0. The van der Waals surface area contributed by atoms with Gasteiger partial charge in [0.25, 0.3) is 17.4 Å². The van der Waals surface area contributed by atoms with Crippen LogP contribution in [0.4, 0.5) is 4.39 Å². The monoisotopic (exact) mass is 987 g/mol. The molecule has 4 aromatic rings. The number of esters is 1. The number of ketones is 2. The summed E-state index contributed by atoms with van der Waals surface area (Å²) in [6.07, 6.45) is 2.36. The molecule has 0 spiro atoms. The molecule has 3 aliphatic heterocycles. The lowest BCUT2D eigenvalue weighted by Gasteiger charge is -2.31. The van der Waals surface area contributed by atoms with Gasteiger partial charge in [-0.15, -0.1) is 0 Å². The maximum atomic E-state index is 15.4. The molecule has 0 bridgehead atoms. The second-order valence-electron chi connectivity index (χ2n) is 18.4. The van der Waals surface area contributed by atoms with Gasteiger partial charge in [-0.05, 0) is 67.3 Å². The number of aliphatic hydroxyl groups is 1. The van der Waals surface area contributed by atoms with E-state index in [-0.39, 0.29) is 108 Å². The van der Waals surface area contributed by atoms with Crippen molar-refractivity contribution in [1.82, 2.24) is 35.7 Å². The number of rotatable bonds is 21. The van der Waals surface area contributed by atoms with Gasteiger partial charge in [-0.2, -0.15) is 0 Å². The zero-order valence-electron chi connectivity index (χ0n) is 39.8. The molecule has 0 saturated carbocycles. The number of carbonyl (C=O) groups is 9. The molecule has 5 heterocycles. The normalized spacial score (nSPS) is 17.7. The van der Waals surface area contributed by atoms with Gasteiger partial charge in [0, 0.05) is 86.3 Å². The summed E-state index contributed by atoms with van der Waals surface area (Å²) in [5.41, 5.74) is 2.26. The number of nitrogens with one attached hydrogen (secondary N) is 4. The predicted molar refractivity (Wildman–Crippen MR) is 255 cm³/mol. The SMILES string of the molecule is CC[C@@]1(O)C(=O)OCc2c1cc1n(c2=O)Cc2c-1nc1cc(F)c(C)c3c1c2[C@@H](NC(=O)CCCNC(=O)CCC(=O)[C@H](Cc1ccccc1)NC(=O)CCC(=O)CNC(=O)CCN1C(=O)C=CC1=O)CC3. The molecule has 2 aromatic carbocycles. The topological polar surface area (TPSA) is 269 Å². The number of amides is 6. The molecule has 3 atom stereocenters. The summed E-state index contributed by atoms with van der Waals surface area (Å²) >= 11 is 0. The lowest BCUT2D eigenvalue weighted by atomic mass is 9.81. The van der Waals surface area contributed by atoms with Crippen LogP contribution < -0.4 is 26.8 Å². The van der Waals surface area contributed by atoms with E-state index in [0.29, 0.717) is 51.8 Å². The molecule has 4 aliphatic rings. The van der Waals surface area contributed by atoms with Crippen molar-refractivity contribution in [3.63, 3.8) is 0 Å². The van der Waals surface area contributed by atoms with Crippen molar-refractivity contribution in [1.29, 1.82) is 0 Å². The summed E-state index contributed by atoms with van der Waals surface area (Å²) < 4.78 is 22.1. The number of fused-ring (bicyclic) bond motifs is 5. The molecule has 2 aromatic heterocycles. The van der Waals surface area contributed by atoms with Crippen molar-refractivity contribution in [2.75, 3.05) is 19.6 Å². The number of hydrogen-bond donors (Lipinski definition) is 5. The summed E-state index contributed by atoms with van der Waals surface area (Å²) in [6.45, 7) is 2.70. The number of imide groups is 1. The van der Waals surface area contributed by atoms with Crippen LogP contribution in [0.25, 0.3) is 22.3 Å². The number of hydrogen-bond acceptors (Lipinski definition) is 13. The molecule has 8 rings (SSSR count). The highest BCUT2D eigenvalue weighted by Gasteiger charge is 2.46. The van der Waals surface area contributed by atoms with Gasteiger partial charge in [-0.3, -0.25) is 48.1 Å². The average Bonchev–Trinajstić information content (AvgIpc) is 3.90. The van der Waals surface area contributed by atoms with Crippen LogP contribution in [0.1, 0.15) is 110 Å². The number of ether oxygens (including phenoxy) is 1. The fourth-order valence-electron chi connectivity index (χ4n) is 9.80. The maximum Gasteiger partial charge on any atom is 0.343 e. The third-order valence-corrected chi connectivity index (χ3v) is 13.8. The second-order valence-corrected chi connectivity index (χ2v) is 18.4. The minimum atomic E-state index is -2.04. The predicted octanol–water partition coefficient (Wildman–Crippen LogP) is 2.38.